The lowest BCUT2D eigenvalue weighted by Crippen LogP contribution is -2.18. The third kappa shape index (κ3) is 4.18. The van der Waals surface area contributed by atoms with Crippen molar-refractivity contribution in [2.24, 2.45) is 5.92 Å². The van der Waals surface area contributed by atoms with Crippen LogP contribution in [-0.4, -0.2) is 31.8 Å². The number of non-ortho nitro benzene ring substituents is 1. The van der Waals surface area contributed by atoms with E-state index in [1.165, 1.54) is 13.2 Å². The van der Waals surface area contributed by atoms with Crippen molar-refractivity contribution in [1.82, 2.24) is 5.32 Å². The number of nitrogens with zero attached hydrogens (tertiary/aromatic N) is 1. The molecule has 0 radical (unpaired) electrons. The molecule has 1 aliphatic heterocycles. The summed E-state index contributed by atoms with van der Waals surface area (Å²) in [5.74, 6) is 1.15. The van der Waals surface area contributed by atoms with Crippen molar-refractivity contribution in [3.8, 4) is 5.75 Å². The van der Waals surface area contributed by atoms with E-state index in [1.807, 2.05) is 6.07 Å². The van der Waals surface area contributed by atoms with E-state index >= 15 is 0 Å². The number of ether oxygens (including phenoxy) is 2. The van der Waals surface area contributed by atoms with Crippen LogP contribution < -0.4 is 10.1 Å². The van der Waals surface area contributed by atoms with Gasteiger partial charge < -0.3 is 14.8 Å². The van der Waals surface area contributed by atoms with Gasteiger partial charge >= 0.3 is 0 Å². The van der Waals surface area contributed by atoms with Crippen molar-refractivity contribution in [2.45, 2.75) is 19.4 Å². The number of rotatable bonds is 7. The molecule has 1 aromatic rings. The number of hydrogen-bond donors (Lipinski definition) is 1. The number of methoxy groups -OCH3 is 1. The SMILES string of the molecule is COc1cc(CNCCC2CCOC2)cc([N+](=O)[O-])c1. The van der Waals surface area contributed by atoms with Gasteiger partial charge in [-0.2, -0.15) is 0 Å². The Morgan fingerprint density at radius 3 is 3.00 bits per heavy atom. The molecule has 0 aliphatic carbocycles. The summed E-state index contributed by atoms with van der Waals surface area (Å²) < 4.78 is 10.4. The van der Waals surface area contributed by atoms with Gasteiger partial charge in [0.1, 0.15) is 5.75 Å². The van der Waals surface area contributed by atoms with Crippen molar-refractivity contribution in [1.29, 1.82) is 0 Å². The molecule has 110 valence electrons. The fraction of sp³-hybridized carbons (Fsp3) is 0.571. The third-order valence-electron chi connectivity index (χ3n) is 3.48. The maximum Gasteiger partial charge on any atom is 0.273 e. The molecule has 6 nitrogen and oxygen atoms in total. The topological polar surface area (TPSA) is 73.6 Å². The fourth-order valence-electron chi connectivity index (χ4n) is 2.32. The normalized spacial score (nSPS) is 18.1. The van der Waals surface area contributed by atoms with Gasteiger partial charge in [0.15, 0.2) is 0 Å². The van der Waals surface area contributed by atoms with Crippen LogP contribution in [0.25, 0.3) is 0 Å². The summed E-state index contributed by atoms with van der Waals surface area (Å²) in [7, 11) is 1.51. The van der Waals surface area contributed by atoms with Crippen molar-refractivity contribution in [3.05, 3.63) is 33.9 Å². The Morgan fingerprint density at radius 2 is 2.35 bits per heavy atom. The van der Waals surface area contributed by atoms with E-state index in [1.54, 1.807) is 6.07 Å². The molecule has 1 unspecified atom stereocenters. The molecule has 1 heterocycles. The molecule has 1 fully saturated rings. The highest BCUT2D eigenvalue weighted by molar-refractivity contribution is 5.42. The van der Waals surface area contributed by atoms with E-state index in [2.05, 4.69) is 5.32 Å². The van der Waals surface area contributed by atoms with Crippen LogP contribution in [0.4, 0.5) is 5.69 Å². The summed E-state index contributed by atoms with van der Waals surface area (Å²) in [4.78, 5) is 10.4. The molecular weight excluding hydrogens is 260 g/mol. The molecule has 20 heavy (non-hydrogen) atoms. The summed E-state index contributed by atoms with van der Waals surface area (Å²) in [5.41, 5.74) is 0.920. The van der Waals surface area contributed by atoms with Gasteiger partial charge in [0.05, 0.1) is 18.1 Å². The quantitative estimate of drug-likeness (QED) is 0.470. The fourth-order valence-corrected chi connectivity index (χ4v) is 2.32. The van der Waals surface area contributed by atoms with Crippen LogP contribution in [0.15, 0.2) is 18.2 Å². The van der Waals surface area contributed by atoms with Crippen LogP contribution in [0, 0.1) is 16.0 Å². The predicted molar refractivity (Wildman–Crippen MR) is 74.9 cm³/mol. The zero-order valence-electron chi connectivity index (χ0n) is 11.6. The Labute approximate surface area is 118 Å². The Kier molecular flexibility index (Phi) is 5.31. The molecule has 1 atom stereocenters. The van der Waals surface area contributed by atoms with E-state index in [0.29, 0.717) is 18.2 Å². The average Bonchev–Trinajstić information content (AvgIpc) is 2.96. The van der Waals surface area contributed by atoms with E-state index in [-0.39, 0.29) is 5.69 Å². The molecule has 0 saturated carbocycles. The highest BCUT2D eigenvalue weighted by atomic mass is 16.6. The monoisotopic (exact) mass is 280 g/mol. The van der Waals surface area contributed by atoms with E-state index in [9.17, 15) is 10.1 Å². The first-order chi connectivity index (χ1) is 9.69. The minimum atomic E-state index is -0.401. The van der Waals surface area contributed by atoms with Crippen LogP contribution in [0.5, 0.6) is 5.75 Å². The summed E-state index contributed by atoms with van der Waals surface area (Å²) in [5, 5.41) is 14.2. The average molecular weight is 280 g/mol. The minimum Gasteiger partial charge on any atom is -0.496 e. The Balaban J connectivity index is 1.84. The second kappa shape index (κ2) is 7.21. The molecule has 6 heteroatoms. The molecule has 1 N–H and O–H groups in total. The van der Waals surface area contributed by atoms with Gasteiger partial charge in [-0.15, -0.1) is 0 Å². The second-order valence-electron chi connectivity index (χ2n) is 4.99. The maximum atomic E-state index is 10.8. The lowest BCUT2D eigenvalue weighted by atomic mass is 10.1. The minimum absolute atomic E-state index is 0.0605. The van der Waals surface area contributed by atoms with Gasteiger partial charge in [0, 0.05) is 25.8 Å². The lowest BCUT2D eigenvalue weighted by molar-refractivity contribution is -0.385. The van der Waals surface area contributed by atoms with Gasteiger partial charge in [0.2, 0.25) is 0 Å². The van der Waals surface area contributed by atoms with Crippen LogP contribution in [0.2, 0.25) is 0 Å². The largest absolute Gasteiger partial charge is 0.496 e. The zero-order chi connectivity index (χ0) is 14.4. The Morgan fingerprint density at radius 1 is 1.50 bits per heavy atom. The number of benzene rings is 1. The molecule has 1 saturated heterocycles. The van der Waals surface area contributed by atoms with Crippen LogP contribution in [-0.2, 0) is 11.3 Å². The number of nitrogens with one attached hydrogen (secondary N) is 1. The molecule has 1 aromatic carbocycles. The number of nitro groups is 1. The van der Waals surface area contributed by atoms with E-state index in [0.717, 1.165) is 38.2 Å². The molecule has 1 aliphatic rings. The lowest BCUT2D eigenvalue weighted by Gasteiger charge is -2.09. The van der Waals surface area contributed by atoms with Gasteiger partial charge in [-0.3, -0.25) is 10.1 Å². The number of hydrogen-bond acceptors (Lipinski definition) is 5. The summed E-state index contributed by atoms with van der Waals surface area (Å²) in [6.45, 7) is 3.21. The van der Waals surface area contributed by atoms with Gasteiger partial charge in [-0.25, -0.2) is 0 Å². The molecular formula is C14H20N2O4. The summed E-state index contributed by atoms with van der Waals surface area (Å²) in [6.07, 6.45) is 2.21. The van der Waals surface area contributed by atoms with Crippen LogP contribution in [0.3, 0.4) is 0 Å². The maximum absolute atomic E-state index is 10.8. The zero-order valence-corrected chi connectivity index (χ0v) is 11.6. The highest BCUT2D eigenvalue weighted by Crippen LogP contribution is 2.22. The first-order valence-electron chi connectivity index (χ1n) is 6.80. The molecule has 0 aromatic heterocycles. The van der Waals surface area contributed by atoms with Crippen molar-refractivity contribution >= 4 is 5.69 Å². The van der Waals surface area contributed by atoms with Crippen molar-refractivity contribution < 1.29 is 14.4 Å². The second-order valence-corrected chi connectivity index (χ2v) is 4.99. The standard InChI is InChI=1S/C14H20N2O4/c1-19-14-7-12(6-13(8-14)16(17)18)9-15-4-2-11-3-5-20-10-11/h6-8,11,15H,2-5,9-10H2,1H3. The van der Waals surface area contributed by atoms with Crippen molar-refractivity contribution in [2.75, 3.05) is 26.9 Å². The van der Waals surface area contributed by atoms with Gasteiger partial charge in [-0.1, -0.05) is 0 Å². The Bertz CT molecular complexity index is 458. The van der Waals surface area contributed by atoms with Crippen molar-refractivity contribution in [3.63, 3.8) is 0 Å². The highest BCUT2D eigenvalue weighted by Gasteiger charge is 2.15. The summed E-state index contributed by atoms with van der Waals surface area (Å²) in [6, 6.07) is 4.83. The third-order valence-corrected chi connectivity index (χ3v) is 3.48. The first kappa shape index (κ1) is 14.7. The molecule has 0 spiro atoms. The van der Waals surface area contributed by atoms with E-state index in [4.69, 9.17) is 9.47 Å². The predicted octanol–water partition coefficient (Wildman–Crippen LogP) is 2.12. The molecule has 2 rings (SSSR count). The summed E-state index contributed by atoms with van der Waals surface area (Å²) >= 11 is 0. The number of nitro benzene ring substituents is 1. The molecule has 0 amide bonds. The first-order valence-corrected chi connectivity index (χ1v) is 6.80. The van der Waals surface area contributed by atoms with Crippen LogP contribution in [0.1, 0.15) is 18.4 Å². The van der Waals surface area contributed by atoms with E-state index < -0.39 is 4.92 Å². The molecule has 0 bridgehead atoms. The Hall–Kier alpha value is -1.66. The van der Waals surface area contributed by atoms with Gasteiger partial charge in [0.25, 0.3) is 5.69 Å². The smallest absolute Gasteiger partial charge is 0.273 e. The van der Waals surface area contributed by atoms with Gasteiger partial charge in [-0.05, 0) is 36.9 Å². The van der Waals surface area contributed by atoms with Crippen LogP contribution >= 0.6 is 0 Å².